The van der Waals surface area contributed by atoms with E-state index in [0.717, 1.165) is 0 Å². The van der Waals surface area contributed by atoms with Crippen LogP contribution in [-0.4, -0.2) is 0 Å². The average molecular weight is 711 g/mol. The molecule has 0 spiro atoms. The molecule has 0 unspecified atom stereocenters. The van der Waals surface area contributed by atoms with Crippen LogP contribution in [0.3, 0.4) is 0 Å². The molecule has 16 bridgehead atoms. The topological polar surface area (TPSA) is 0 Å². The molecule has 12 aliphatic rings. The molecular formula is C54H62. The fourth-order valence-corrected chi connectivity index (χ4v) is 10.8. The highest BCUT2D eigenvalue weighted by Crippen LogP contribution is 2.32. The van der Waals surface area contributed by atoms with Gasteiger partial charge in [-0.05, 0) is 243 Å². The lowest BCUT2D eigenvalue weighted by Crippen LogP contribution is -2.07. The van der Waals surface area contributed by atoms with Crippen molar-refractivity contribution in [2.45, 2.75) is 154 Å². The second-order valence-electron chi connectivity index (χ2n) is 17.6. The predicted octanol–water partition coefficient (Wildman–Crippen LogP) is 12.3. The molecule has 17 rings (SSSR count). The first-order valence-corrected chi connectivity index (χ1v) is 22.3. The van der Waals surface area contributed by atoms with Crippen LogP contribution in [0.25, 0.3) is 0 Å². The normalized spacial score (nSPS) is 18.1. The van der Waals surface area contributed by atoms with Gasteiger partial charge in [0.05, 0.1) is 0 Å². The van der Waals surface area contributed by atoms with Crippen LogP contribution in [0.4, 0.5) is 0 Å². The van der Waals surface area contributed by atoms with Crippen molar-refractivity contribution in [3.8, 4) is 0 Å². The van der Waals surface area contributed by atoms with Gasteiger partial charge in [0.25, 0.3) is 0 Å². The number of hydrogen-bond donors (Lipinski definition) is 0. The van der Waals surface area contributed by atoms with E-state index in [-0.39, 0.29) is 0 Å². The Morgan fingerprint density at radius 1 is 0.185 bits per heavy atom. The summed E-state index contributed by atoms with van der Waals surface area (Å²) in [5, 5.41) is 0. The molecule has 0 heterocycles. The summed E-state index contributed by atoms with van der Waals surface area (Å²) in [4.78, 5) is 0. The molecule has 12 aliphatic carbocycles. The van der Waals surface area contributed by atoms with Crippen LogP contribution in [0.2, 0.25) is 0 Å². The van der Waals surface area contributed by atoms with Crippen molar-refractivity contribution in [3.05, 3.63) is 174 Å². The minimum atomic E-state index is 1.19. The summed E-state index contributed by atoms with van der Waals surface area (Å²) >= 11 is 0. The molecule has 5 aromatic rings. The van der Waals surface area contributed by atoms with Crippen LogP contribution >= 0.6 is 0 Å². The van der Waals surface area contributed by atoms with Crippen LogP contribution in [0, 0.1) is 0 Å². The summed E-state index contributed by atoms with van der Waals surface area (Å²) in [5.74, 6) is 0. The van der Waals surface area contributed by atoms with E-state index in [9.17, 15) is 0 Å². The van der Waals surface area contributed by atoms with E-state index in [0.29, 0.717) is 0 Å². The van der Waals surface area contributed by atoms with Crippen LogP contribution < -0.4 is 0 Å². The second kappa shape index (κ2) is 16.9. The molecule has 54 heavy (non-hydrogen) atoms. The van der Waals surface area contributed by atoms with E-state index in [2.05, 4.69) is 84.9 Å². The fraction of sp³-hybridized carbons (Fsp3) is 0.444. The van der Waals surface area contributed by atoms with Crippen LogP contribution in [0.5, 0.6) is 0 Å². The molecule has 0 aromatic heterocycles. The third kappa shape index (κ3) is 8.49. The van der Waals surface area contributed by atoms with Crippen molar-refractivity contribution in [2.75, 3.05) is 0 Å². The van der Waals surface area contributed by atoms with Gasteiger partial charge in [-0.15, -0.1) is 0 Å². The van der Waals surface area contributed by atoms with Gasteiger partial charge in [0, 0.05) is 0 Å². The Hall–Kier alpha value is -3.90. The molecule has 0 aliphatic heterocycles. The van der Waals surface area contributed by atoms with Gasteiger partial charge in [0.1, 0.15) is 0 Å². The summed E-state index contributed by atoms with van der Waals surface area (Å²) in [6.07, 6.45) is 29.4. The van der Waals surface area contributed by atoms with E-state index >= 15 is 0 Å². The lowest BCUT2D eigenvalue weighted by atomic mass is 9.86. The van der Waals surface area contributed by atoms with Gasteiger partial charge >= 0.3 is 0 Å². The van der Waals surface area contributed by atoms with E-state index in [1.165, 1.54) is 176 Å². The number of benzene rings is 5. The summed E-state index contributed by atoms with van der Waals surface area (Å²) in [6, 6.07) is 35.2. The standard InChI is InChI=1S/C54H62/c1-9-39-25-29-41(30-26-39)11-3-23-53-49-19-5-15-45-37-48-18-8-22-52-36-44-14-2-10-40-27-31-42(32-28-40)12-4-24-54(52)51(35-44)21-7-17-47(45)38-46(48)16-6-20-50(53)34-43(13-1)33-49/h25-38H,1-24H2. The zero-order valence-corrected chi connectivity index (χ0v) is 33.1. The van der Waals surface area contributed by atoms with Gasteiger partial charge in [0.2, 0.25) is 0 Å². The van der Waals surface area contributed by atoms with Crippen molar-refractivity contribution in [1.29, 1.82) is 0 Å². The van der Waals surface area contributed by atoms with Crippen molar-refractivity contribution in [1.82, 2.24) is 0 Å². The van der Waals surface area contributed by atoms with Crippen molar-refractivity contribution >= 4 is 0 Å². The van der Waals surface area contributed by atoms with Crippen molar-refractivity contribution < 1.29 is 0 Å². The molecule has 0 amide bonds. The first-order chi connectivity index (χ1) is 26.7. The summed E-state index contributed by atoms with van der Waals surface area (Å²) in [6.45, 7) is 0. The molecule has 0 fully saturated rings. The van der Waals surface area contributed by atoms with Crippen LogP contribution in [0.15, 0.2) is 84.9 Å². The number of aryl methyl sites for hydroxylation is 14. The largest absolute Gasteiger partial charge is 0.0588 e. The predicted molar refractivity (Wildman–Crippen MR) is 228 cm³/mol. The van der Waals surface area contributed by atoms with Crippen LogP contribution in [-0.2, 0) is 103 Å². The highest BCUT2D eigenvalue weighted by atomic mass is 14.2. The molecule has 0 saturated carbocycles. The molecule has 0 radical (unpaired) electrons. The molecule has 0 heteroatoms. The summed E-state index contributed by atoms with van der Waals surface area (Å²) < 4.78 is 0. The highest BCUT2D eigenvalue weighted by molar-refractivity contribution is 5.45. The van der Waals surface area contributed by atoms with Gasteiger partial charge < -0.3 is 0 Å². The fourth-order valence-electron chi connectivity index (χ4n) is 10.8. The maximum atomic E-state index is 2.72. The quantitative estimate of drug-likeness (QED) is 0.150. The third-order valence-electron chi connectivity index (χ3n) is 13.8. The van der Waals surface area contributed by atoms with E-state index in [4.69, 9.17) is 0 Å². The first-order valence-electron chi connectivity index (χ1n) is 22.3. The molecule has 0 N–H and O–H groups in total. The molecule has 278 valence electrons. The Morgan fingerprint density at radius 3 is 0.704 bits per heavy atom. The van der Waals surface area contributed by atoms with Gasteiger partial charge in [0.15, 0.2) is 0 Å². The lowest BCUT2D eigenvalue weighted by Gasteiger charge is -2.19. The molecule has 5 aromatic carbocycles. The number of hydrogen-bond acceptors (Lipinski definition) is 0. The SMILES string of the molecule is c1cc2ccc1CCCc1cc3c(c(c1)CCCc1cc4c(cc1CCCc1cc5cc(c1CCCc1ccc(cc1)CCC5)CCC4)CCC3)CCC2. The van der Waals surface area contributed by atoms with Crippen LogP contribution in [0.1, 0.15) is 140 Å². The number of rotatable bonds is 0. The van der Waals surface area contributed by atoms with Crippen molar-refractivity contribution in [3.63, 3.8) is 0 Å². The summed E-state index contributed by atoms with van der Waals surface area (Å²) in [7, 11) is 0. The summed E-state index contributed by atoms with van der Waals surface area (Å²) in [5.41, 5.74) is 26.0. The Bertz CT molecular complexity index is 1820. The molecular weight excluding hydrogens is 649 g/mol. The minimum absolute atomic E-state index is 1.19. The van der Waals surface area contributed by atoms with E-state index < -0.39 is 0 Å². The number of fused-ring (bicyclic) bond motifs is 8. The Balaban J connectivity index is 0.978. The average Bonchev–Trinajstić information content (AvgIpc) is 3.20. The zero-order chi connectivity index (χ0) is 36.1. The Labute approximate surface area is 326 Å². The highest BCUT2D eigenvalue weighted by Gasteiger charge is 2.19. The van der Waals surface area contributed by atoms with Crippen molar-refractivity contribution in [2.24, 2.45) is 0 Å². The minimum Gasteiger partial charge on any atom is -0.0588 e. The van der Waals surface area contributed by atoms with E-state index in [1.54, 1.807) is 66.8 Å². The van der Waals surface area contributed by atoms with Gasteiger partial charge in [-0.2, -0.15) is 0 Å². The Kier molecular flexibility index (Phi) is 11.2. The monoisotopic (exact) mass is 710 g/mol. The lowest BCUT2D eigenvalue weighted by molar-refractivity contribution is 0.738. The first kappa shape index (κ1) is 35.8. The molecule has 0 nitrogen and oxygen atoms in total. The molecule has 0 saturated heterocycles. The molecule has 0 atom stereocenters. The maximum absolute atomic E-state index is 2.72. The second-order valence-corrected chi connectivity index (χ2v) is 17.6. The van der Waals surface area contributed by atoms with Gasteiger partial charge in [-0.25, -0.2) is 0 Å². The van der Waals surface area contributed by atoms with E-state index in [1.807, 2.05) is 0 Å². The maximum Gasteiger partial charge on any atom is -0.0270 e. The van der Waals surface area contributed by atoms with Gasteiger partial charge in [-0.1, -0.05) is 84.9 Å². The smallest absolute Gasteiger partial charge is 0.0270 e. The van der Waals surface area contributed by atoms with Gasteiger partial charge in [-0.3, -0.25) is 0 Å². The third-order valence-corrected chi connectivity index (χ3v) is 13.8. The Morgan fingerprint density at radius 2 is 0.407 bits per heavy atom. The zero-order valence-electron chi connectivity index (χ0n) is 33.1.